The second-order valence-corrected chi connectivity index (χ2v) is 5.05. The van der Waals surface area contributed by atoms with E-state index in [1.54, 1.807) is 0 Å². The molecule has 1 aliphatic rings. The summed E-state index contributed by atoms with van der Waals surface area (Å²) in [7, 11) is 0.950. The number of rotatable bonds is 4. The van der Waals surface area contributed by atoms with Gasteiger partial charge < -0.3 is 14.3 Å². The van der Waals surface area contributed by atoms with Crippen molar-refractivity contribution in [1.82, 2.24) is 4.81 Å². The van der Waals surface area contributed by atoms with Crippen LogP contribution >= 0.6 is 0 Å². The molecule has 4 heteroatoms. The summed E-state index contributed by atoms with van der Waals surface area (Å²) in [6.45, 7) is 9.26. The lowest BCUT2D eigenvalue weighted by Gasteiger charge is -2.30. The highest BCUT2D eigenvalue weighted by molar-refractivity contribution is 6.50. The third-order valence-electron chi connectivity index (χ3n) is 3.13. The lowest BCUT2D eigenvalue weighted by molar-refractivity contribution is 0.174. The summed E-state index contributed by atoms with van der Waals surface area (Å²) < 4.78 is 10.7. The summed E-state index contributed by atoms with van der Waals surface area (Å²) in [6.07, 6.45) is 0. The van der Waals surface area contributed by atoms with Crippen LogP contribution in [0.1, 0.15) is 27.7 Å². The normalized spacial score (nSPS) is 13.8. The summed E-state index contributed by atoms with van der Waals surface area (Å²) in [6, 6.07) is 7.28. The van der Waals surface area contributed by atoms with Crippen LogP contribution in [0.5, 0.6) is 11.5 Å². The first-order chi connectivity index (χ1) is 8.08. The van der Waals surface area contributed by atoms with Gasteiger partial charge in [0.05, 0.1) is 0 Å². The van der Waals surface area contributed by atoms with Gasteiger partial charge in [-0.05, 0) is 24.2 Å². The Bertz CT molecular complexity index is 385. The molecule has 0 radical (unpaired) electrons. The SMILES string of the molecule is CC(C)N(Bc1ccc2c(c1)OCO2)C(C)C. The van der Waals surface area contributed by atoms with Gasteiger partial charge in [-0.2, -0.15) is 0 Å². The predicted molar refractivity (Wildman–Crippen MR) is 71.5 cm³/mol. The Hall–Kier alpha value is -1.16. The van der Waals surface area contributed by atoms with Gasteiger partial charge in [0.2, 0.25) is 14.2 Å². The minimum absolute atomic E-state index is 0.344. The zero-order valence-electron chi connectivity index (χ0n) is 11.1. The molecule has 17 heavy (non-hydrogen) atoms. The lowest BCUT2D eigenvalue weighted by Crippen LogP contribution is -2.45. The molecule has 0 bridgehead atoms. The zero-order valence-corrected chi connectivity index (χ0v) is 11.1. The maximum atomic E-state index is 5.40. The van der Waals surface area contributed by atoms with Crippen LogP contribution < -0.4 is 14.9 Å². The third-order valence-corrected chi connectivity index (χ3v) is 3.13. The second kappa shape index (κ2) is 5.00. The fourth-order valence-corrected chi connectivity index (χ4v) is 2.21. The van der Waals surface area contributed by atoms with Gasteiger partial charge in [-0.3, -0.25) is 0 Å². The maximum Gasteiger partial charge on any atom is 0.239 e. The molecule has 0 saturated heterocycles. The highest BCUT2D eigenvalue weighted by Gasteiger charge is 2.18. The summed E-state index contributed by atoms with van der Waals surface area (Å²) in [5, 5.41) is 0. The van der Waals surface area contributed by atoms with Crippen molar-refractivity contribution in [2.75, 3.05) is 6.79 Å². The van der Waals surface area contributed by atoms with E-state index in [0.29, 0.717) is 18.9 Å². The summed E-state index contributed by atoms with van der Waals surface area (Å²) in [5.74, 6) is 1.73. The first-order valence-corrected chi connectivity index (χ1v) is 6.22. The Balaban J connectivity index is 2.12. The summed E-state index contributed by atoms with van der Waals surface area (Å²) in [5.41, 5.74) is 1.27. The van der Waals surface area contributed by atoms with Crippen LogP contribution in [0.25, 0.3) is 0 Å². The van der Waals surface area contributed by atoms with Crippen molar-refractivity contribution in [3.63, 3.8) is 0 Å². The Labute approximate surface area is 104 Å². The van der Waals surface area contributed by atoms with Crippen LogP contribution in [0, 0.1) is 0 Å². The van der Waals surface area contributed by atoms with Gasteiger partial charge in [-0.25, -0.2) is 0 Å². The van der Waals surface area contributed by atoms with E-state index in [2.05, 4.69) is 44.6 Å². The van der Waals surface area contributed by atoms with Crippen molar-refractivity contribution < 1.29 is 9.47 Å². The number of nitrogens with zero attached hydrogens (tertiary/aromatic N) is 1. The topological polar surface area (TPSA) is 21.7 Å². The summed E-state index contributed by atoms with van der Waals surface area (Å²) >= 11 is 0. The molecule has 0 aromatic heterocycles. The molecular formula is C13H20BNO2. The maximum absolute atomic E-state index is 5.40. The van der Waals surface area contributed by atoms with Gasteiger partial charge in [0, 0.05) is 0 Å². The van der Waals surface area contributed by atoms with Gasteiger partial charge in [0.15, 0.2) is 11.5 Å². The van der Waals surface area contributed by atoms with Crippen molar-refractivity contribution in [2.45, 2.75) is 39.8 Å². The predicted octanol–water partition coefficient (Wildman–Crippen LogP) is 1.51. The highest BCUT2D eigenvalue weighted by atomic mass is 16.7. The molecule has 1 aromatic rings. The average Bonchev–Trinajstić information content (AvgIpc) is 2.71. The average molecular weight is 233 g/mol. The fraction of sp³-hybridized carbons (Fsp3) is 0.538. The molecule has 0 amide bonds. The van der Waals surface area contributed by atoms with Crippen molar-refractivity contribution in [1.29, 1.82) is 0 Å². The molecule has 3 nitrogen and oxygen atoms in total. The zero-order chi connectivity index (χ0) is 12.4. The highest BCUT2D eigenvalue weighted by Crippen LogP contribution is 2.29. The number of benzene rings is 1. The van der Waals surface area contributed by atoms with Gasteiger partial charge >= 0.3 is 0 Å². The molecule has 1 aromatic carbocycles. The molecule has 0 N–H and O–H groups in total. The Morgan fingerprint density at radius 2 is 1.71 bits per heavy atom. The van der Waals surface area contributed by atoms with E-state index in [-0.39, 0.29) is 0 Å². The van der Waals surface area contributed by atoms with Crippen LogP contribution in [-0.4, -0.2) is 31.1 Å². The Morgan fingerprint density at radius 3 is 2.35 bits per heavy atom. The van der Waals surface area contributed by atoms with Crippen LogP contribution in [0.4, 0.5) is 0 Å². The van der Waals surface area contributed by atoms with E-state index in [0.717, 1.165) is 18.9 Å². The molecular weight excluding hydrogens is 213 g/mol. The molecule has 0 saturated carbocycles. The smallest absolute Gasteiger partial charge is 0.239 e. The minimum atomic E-state index is 0.344. The van der Waals surface area contributed by atoms with E-state index in [4.69, 9.17) is 9.47 Å². The second-order valence-electron chi connectivity index (χ2n) is 5.05. The van der Waals surface area contributed by atoms with Gasteiger partial charge in [0.1, 0.15) is 0 Å². The largest absolute Gasteiger partial charge is 0.454 e. The van der Waals surface area contributed by atoms with Crippen LogP contribution in [0.2, 0.25) is 0 Å². The molecule has 1 heterocycles. The number of hydrogen-bond acceptors (Lipinski definition) is 3. The number of fused-ring (bicyclic) bond motifs is 1. The lowest BCUT2D eigenvalue weighted by atomic mass is 9.78. The van der Waals surface area contributed by atoms with Crippen molar-refractivity contribution >= 4 is 12.9 Å². The molecule has 0 spiro atoms. The van der Waals surface area contributed by atoms with E-state index in [9.17, 15) is 0 Å². The molecule has 2 rings (SSSR count). The van der Waals surface area contributed by atoms with Gasteiger partial charge in [-0.1, -0.05) is 39.2 Å². The van der Waals surface area contributed by atoms with E-state index in [1.165, 1.54) is 5.46 Å². The summed E-state index contributed by atoms with van der Waals surface area (Å²) in [4.78, 5) is 2.46. The van der Waals surface area contributed by atoms with Crippen LogP contribution in [-0.2, 0) is 0 Å². The quantitative estimate of drug-likeness (QED) is 0.736. The minimum Gasteiger partial charge on any atom is -0.454 e. The molecule has 0 aliphatic carbocycles. The van der Waals surface area contributed by atoms with E-state index < -0.39 is 0 Å². The van der Waals surface area contributed by atoms with Crippen LogP contribution in [0.3, 0.4) is 0 Å². The van der Waals surface area contributed by atoms with E-state index >= 15 is 0 Å². The molecule has 0 unspecified atom stereocenters. The van der Waals surface area contributed by atoms with Crippen molar-refractivity contribution in [3.05, 3.63) is 18.2 Å². The van der Waals surface area contributed by atoms with Gasteiger partial charge in [0.25, 0.3) is 0 Å². The monoisotopic (exact) mass is 233 g/mol. The standard InChI is InChI=1S/C13H20BNO2/c1-9(2)15(10(3)4)14-11-5-6-12-13(7-11)17-8-16-12/h5-7,9-10,14H,8H2,1-4H3. The van der Waals surface area contributed by atoms with Gasteiger partial charge in [-0.15, -0.1) is 0 Å². The first-order valence-electron chi connectivity index (χ1n) is 6.22. The third kappa shape index (κ3) is 2.75. The van der Waals surface area contributed by atoms with Crippen molar-refractivity contribution in [3.8, 4) is 11.5 Å². The number of hydrogen-bond donors (Lipinski definition) is 0. The molecule has 92 valence electrons. The van der Waals surface area contributed by atoms with Crippen LogP contribution in [0.15, 0.2) is 18.2 Å². The molecule has 0 fully saturated rings. The fourth-order valence-electron chi connectivity index (χ4n) is 2.21. The molecule has 0 atom stereocenters. The Kier molecular flexibility index (Phi) is 3.62. The first kappa shape index (κ1) is 12.3. The number of ether oxygens (including phenoxy) is 2. The molecule has 1 aliphatic heterocycles. The van der Waals surface area contributed by atoms with Crippen molar-refractivity contribution in [2.24, 2.45) is 0 Å². The Morgan fingerprint density at radius 1 is 1.06 bits per heavy atom. The van der Waals surface area contributed by atoms with E-state index in [1.807, 2.05) is 6.07 Å².